The van der Waals surface area contributed by atoms with E-state index in [2.05, 4.69) is 48.1 Å². The molecule has 0 fully saturated rings. The van der Waals surface area contributed by atoms with Crippen LogP contribution in [0.5, 0.6) is 0 Å². The quantitative estimate of drug-likeness (QED) is 0.903. The number of aromatic nitrogens is 1. The van der Waals surface area contributed by atoms with Gasteiger partial charge in [0.2, 0.25) is 0 Å². The molecule has 0 bridgehead atoms. The number of nitrogens with zero attached hydrogens (tertiary/aromatic N) is 2. The lowest BCUT2D eigenvalue weighted by atomic mass is 10.1. The first-order valence-electron chi connectivity index (χ1n) is 5.60. The molecular formula is C13H17N3S. The van der Waals surface area contributed by atoms with E-state index in [0.717, 1.165) is 17.4 Å². The maximum atomic E-state index is 5.56. The number of hydrogen-bond donors (Lipinski definition) is 1. The second-order valence-electron chi connectivity index (χ2n) is 4.17. The average Bonchev–Trinajstić information content (AvgIpc) is 2.81. The van der Waals surface area contributed by atoms with E-state index in [1.807, 2.05) is 5.38 Å². The summed E-state index contributed by atoms with van der Waals surface area (Å²) < 4.78 is 0. The fraction of sp³-hybridized carbons (Fsp3) is 0.308. The van der Waals surface area contributed by atoms with Crippen molar-refractivity contribution in [3.8, 4) is 0 Å². The van der Waals surface area contributed by atoms with Crippen LogP contribution in [0.4, 0.5) is 5.13 Å². The Morgan fingerprint density at radius 2 is 2.00 bits per heavy atom. The van der Waals surface area contributed by atoms with E-state index >= 15 is 0 Å². The Morgan fingerprint density at radius 3 is 2.59 bits per heavy atom. The largest absolute Gasteiger partial charge is 0.347 e. The van der Waals surface area contributed by atoms with Crippen molar-refractivity contribution in [2.45, 2.75) is 20.0 Å². The summed E-state index contributed by atoms with van der Waals surface area (Å²) in [5.74, 6) is 0. The second kappa shape index (κ2) is 5.29. The van der Waals surface area contributed by atoms with Crippen molar-refractivity contribution < 1.29 is 0 Å². The minimum Gasteiger partial charge on any atom is -0.347 e. The van der Waals surface area contributed by atoms with E-state index in [0.29, 0.717) is 6.54 Å². The molecule has 3 nitrogen and oxygen atoms in total. The van der Waals surface area contributed by atoms with Gasteiger partial charge in [0, 0.05) is 25.5 Å². The summed E-state index contributed by atoms with van der Waals surface area (Å²) in [6.45, 7) is 3.48. The Bertz CT molecular complexity index is 476. The molecule has 0 saturated heterocycles. The van der Waals surface area contributed by atoms with Gasteiger partial charge < -0.3 is 10.6 Å². The number of rotatable bonds is 4. The van der Waals surface area contributed by atoms with Crippen molar-refractivity contribution in [2.24, 2.45) is 5.73 Å². The van der Waals surface area contributed by atoms with E-state index in [4.69, 9.17) is 5.73 Å². The number of thiazole rings is 1. The van der Waals surface area contributed by atoms with Gasteiger partial charge in [-0.1, -0.05) is 29.8 Å². The molecule has 0 aliphatic heterocycles. The monoisotopic (exact) mass is 247 g/mol. The molecule has 17 heavy (non-hydrogen) atoms. The van der Waals surface area contributed by atoms with Gasteiger partial charge in [-0.2, -0.15) is 0 Å². The minimum atomic E-state index is 0.509. The Kier molecular flexibility index (Phi) is 3.76. The molecule has 0 aliphatic carbocycles. The highest BCUT2D eigenvalue weighted by atomic mass is 32.1. The molecule has 0 atom stereocenters. The third-order valence-electron chi connectivity index (χ3n) is 2.62. The zero-order valence-electron chi connectivity index (χ0n) is 10.2. The van der Waals surface area contributed by atoms with Crippen LogP contribution in [-0.4, -0.2) is 12.0 Å². The van der Waals surface area contributed by atoms with Crippen LogP contribution in [-0.2, 0) is 13.1 Å². The summed E-state index contributed by atoms with van der Waals surface area (Å²) in [7, 11) is 2.05. The van der Waals surface area contributed by atoms with Gasteiger partial charge in [0.25, 0.3) is 0 Å². The SMILES string of the molecule is Cc1ccc(CN(C)c2nc(CN)cs2)cc1. The van der Waals surface area contributed by atoms with Gasteiger partial charge in [0.1, 0.15) is 0 Å². The highest BCUT2D eigenvalue weighted by Gasteiger charge is 2.06. The first-order valence-corrected chi connectivity index (χ1v) is 6.48. The molecule has 0 radical (unpaired) electrons. The summed E-state index contributed by atoms with van der Waals surface area (Å²) in [4.78, 5) is 6.61. The smallest absolute Gasteiger partial charge is 0.185 e. The molecule has 2 aromatic rings. The highest BCUT2D eigenvalue weighted by Crippen LogP contribution is 2.20. The molecule has 2 N–H and O–H groups in total. The molecule has 90 valence electrons. The Balaban J connectivity index is 2.05. The lowest BCUT2D eigenvalue weighted by Gasteiger charge is -2.15. The van der Waals surface area contributed by atoms with E-state index < -0.39 is 0 Å². The Labute approximate surface area is 106 Å². The first-order chi connectivity index (χ1) is 8.19. The van der Waals surface area contributed by atoms with Crippen LogP contribution in [0, 0.1) is 6.92 Å². The second-order valence-corrected chi connectivity index (χ2v) is 5.00. The third-order valence-corrected chi connectivity index (χ3v) is 3.62. The number of anilines is 1. The molecule has 0 unspecified atom stereocenters. The van der Waals surface area contributed by atoms with E-state index in [9.17, 15) is 0 Å². The molecule has 0 aliphatic rings. The standard InChI is InChI=1S/C13H17N3S/c1-10-3-5-11(6-4-10)8-16(2)13-15-12(7-14)9-17-13/h3-6,9H,7-8,14H2,1-2H3. The topological polar surface area (TPSA) is 42.2 Å². The number of hydrogen-bond acceptors (Lipinski definition) is 4. The molecular weight excluding hydrogens is 230 g/mol. The molecule has 0 spiro atoms. The summed E-state index contributed by atoms with van der Waals surface area (Å²) in [5.41, 5.74) is 9.10. The third kappa shape index (κ3) is 3.05. The van der Waals surface area contributed by atoms with Crippen molar-refractivity contribution in [3.63, 3.8) is 0 Å². The van der Waals surface area contributed by atoms with E-state index in [1.165, 1.54) is 11.1 Å². The number of nitrogens with two attached hydrogens (primary N) is 1. The van der Waals surface area contributed by atoms with Gasteiger partial charge in [-0.25, -0.2) is 4.98 Å². The highest BCUT2D eigenvalue weighted by molar-refractivity contribution is 7.13. The zero-order chi connectivity index (χ0) is 12.3. The molecule has 1 heterocycles. The van der Waals surface area contributed by atoms with Crippen LogP contribution in [0.3, 0.4) is 0 Å². The summed E-state index contributed by atoms with van der Waals surface area (Å²) in [6.07, 6.45) is 0. The normalized spacial score (nSPS) is 10.5. The van der Waals surface area contributed by atoms with E-state index in [1.54, 1.807) is 11.3 Å². The van der Waals surface area contributed by atoms with Crippen molar-refractivity contribution in [1.82, 2.24) is 4.98 Å². The van der Waals surface area contributed by atoms with Gasteiger partial charge in [-0.3, -0.25) is 0 Å². The van der Waals surface area contributed by atoms with E-state index in [-0.39, 0.29) is 0 Å². The van der Waals surface area contributed by atoms with Gasteiger partial charge in [-0.05, 0) is 12.5 Å². The van der Waals surface area contributed by atoms with Gasteiger partial charge in [-0.15, -0.1) is 11.3 Å². The maximum Gasteiger partial charge on any atom is 0.185 e. The van der Waals surface area contributed by atoms with Crippen LogP contribution in [0.2, 0.25) is 0 Å². The van der Waals surface area contributed by atoms with Crippen LogP contribution >= 0.6 is 11.3 Å². The van der Waals surface area contributed by atoms with Gasteiger partial charge in [0.15, 0.2) is 5.13 Å². The fourth-order valence-electron chi connectivity index (χ4n) is 1.60. The predicted molar refractivity (Wildman–Crippen MR) is 73.3 cm³/mol. The first kappa shape index (κ1) is 12.1. The summed E-state index contributed by atoms with van der Waals surface area (Å²) in [5, 5.41) is 3.03. The maximum absolute atomic E-state index is 5.56. The van der Waals surface area contributed by atoms with Crippen LogP contribution in [0.15, 0.2) is 29.6 Å². The predicted octanol–water partition coefficient (Wildman–Crippen LogP) is 2.55. The fourth-order valence-corrected chi connectivity index (χ4v) is 2.41. The molecule has 4 heteroatoms. The molecule has 1 aromatic heterocycles. The van der Waals surface area contributed by atoms with Crippen LogP contribution in [0.25, 0.3) is 0 Å². The molecule has 1 aromatic carbocycles. The Hall–Kier alpha value is -1.39. The van der Waals surface area contributed by atoms with Crippen molar-refractivity contribution in [1.29, 1.82) is 0 Å². The van der Waals surface area contributed by atoms with Crippen LogP contribution in [0.1, 0.15) is 16.8 Å². The summed E-state index contributed by atoms with van der Waals surface area (Å²) >= 11 is 1.64. The average molecular weight is 247 g/mol. The van der Waals surface area contributed by atoms with Crippen molar-refractivity contribution in [3.05, 3.63) is 46.5 Å². The lowest BCUT2D eigenvalue weighted by molar-refractivity contribution is 0.900. The van der Waals surface area contributed by atoms with Crippen LogP contribution < -0.4 is 10.6 Å². The van der Waals surface area contributed by atoms with Gasteiger partial charge in [0.05, 0.1) is 5.69 Å². The molecule has 0 saturated carbocycles. The zero-order valence-corrected chi connectivity index (χ0v) is 11.0. The number of benzene rings is 1. The summed E-state index contributed by atoms with van der Waals surface area (Å²) in [6, 6.07) is 8.58. The number of aryl methyl sites for hydroxylation is 1. The van der Waals surface area contributed by atoms with Crippen molar-refractivity contribution >= 4 is 16.5 Å². The van der Waals surface area contributed by atoms with Gasteiger partial charge >= 0.3 is 0 Å². The minimum absolute atomic E-state index is 0.509. The molecule has 0 amide bonds. The Morgan fingerprint density at radius 1 is 1.29 bits per heavy atom. The van der Waals surface area contributed by atoms with Crippen molar-refractivity contribution in [2.75, 3.05) is 11.9 Å². The lowest BCUT2D eigenvalue weighted by Crippen LogP contribution is -2.16. The molecule has 2 rings (SSSR count).